The highest BCUT2D eigenvalue weighted by atomic mass is 15.3. The van der Waals surface area contributed by atoms with Gasteiger partial charge in [0, 0.05) is 17.4 Å². The third-order valence-corrected chi connectivity index (χ3v) is 11.7. The zero-order valence-corrected chi connectivity index (χ0v) is 30.5. The standard InChI is InChI=1S/C52H41N3/c1-5-18-36(19-6-1)38-22-15-24-40(34-38)49-53-50(41-25-16-23-39(35-41)37-20-7-2-8-21-37)55-51(54-49)45-31-17-33-47-48(45)44-30-13-14-32-46(44)52(47,42-26-9-3-10-27-42)43-28-11-4-12-29-43/h1-35,44,46,49-50,53H,(H,54,55). The van der Waals surface area contributed by atoms with Crippen molar-refractivity contribution in [1.29, 1.82) is 0 Å². The van der Waals surface area contributed by atoms with Gasteiger partial charge in [-0.15, -0.1) is 0 Å². The molecule has 0 amide bonds. The van der Waals surface area contributed by atoms with Crippen LogP contribution in [0.2, 0.25) is 0 Å². The van der Waals surface area contributed by atoms with E-state index in [1.807, 2.05) is 0 Å². The van der Waals surface area contributed by atoms with Gasteiger partial charge in [-0.3, -0.25) is 5.32 Å². The molecular weight excluding hydrogens is 667 g/mol. The van der Waals surface area contributed by atoms with Crippen molar-refractivity contribution in [2.75, 3.05) is 0 Å². The number of fused-ring (bicyclic) bond motifs is 3. The first kappa shape index (κ1) is 33.1. The van der Waals surface area contributed by atoms with Gasteiger partial charge in [0.05, 0.1) is 5.41 Å². The lowest BCUT2D eigenvalue weighted by atomic mass is 9.63. The van der Waals surface area contributed by atoms with Crippen LogP contribution in [0.4, 0.5) is 0 Å². The van der Waals surface area contributed by atoms with E-state index in [0.29, 0.717) is 0 Å². The summed E-state index contributed by atoms with van der Waals surface area (Å²) in [5, 5.41) is 7.85. The number of allylic oxidation sites excluding steroid dienone is 4. The van der Waals surface area contributed by atoms with Gasteiger partial charge in [0.25, 0.3) is 0 Å². The Hall–Kier alpha value is -6.55. The molecule has 0 bridgehead atoms. The van der Waals surface area contributed by atoms with Crippen LogP contribution in [0.5, 0.6) is 0 Å². The van der Waals surface area contributed by atoms with Crippen LogP contribution in [0, 0.1) is 5.92 Å². The Bertz CT molecular complexity index is 2520. The molecule has 7 aromatic carbocycles. The number of hydrogen-bond donors (Lipinski definition) is 2. The Balaban J connectivity index is 1.16. The molecule has 3 heteroatoms. The predicted molar refractivity (Wildman–Crippen MR) is 226 cm³/mol. The van der Waals surface area contributed by atoms with Crippen LogP contribution >= 0.6 is 0 Å². The van der Waals surface area contributed by atoms with Gasteiger partial charge in [0.2, 0.25) is 0 Å². The minimum Gasteiger partial charge on any atom is -0.350 e. The van der Waals surface area contributed by atoms with Crippen molar-refractivity contribution in [3.63, 3.8) is 0 Å². The van der Waals surface area contributed by atoms with Crippen molar-refractivity contribution < 1.29 is 0 Å². The van der Waals surface area contributed by atoms with Crippen LogP contribution < -0.4 is 10.6 Å². The summed E-state index contributed by atoms with van der Waals surface area (Å²) in [6.45, 7) is 0. The fourth-order valence-electron chi connectivity index (χ4n) is 9.30. The van der Waals surface area contributed by atoms with Gasteiger partial charge in [-0.2, -0.15) is 0 Å². The predicted octanol–water partition coefficient (Wildman–Crippen LogP) is 11.5. The molecule has 0 fully saturated rings. The van der Waals surface area contributed by atoms with Crippen LogP contribution in [0.15, 0.2) is 217 Å². The largest absolute Gasteiger partial charge is 0.350 e. The van der Waals surface area contributed by atoms with Gasteiger partial charge in [-0.05, 0) is 67.8 Å². The second-order valence-electron chi connectivity index (χ2n) is 14.7. The van der Waals surface area contributed by atoms with E-state index in [4.69, 9.17) is 4.99 Å². The number of amidine groups is 1. The summed E-state index contributed by atoms with van der Waals surface area (Å²) >= 11 is 0. The molecule has 0 saturated carbocycles. The molecule has 0 spiro atoms. The highest BCUT2D eigenvalue weighted by molar-refractivity contribution is 6.02. The molecule has 4 atom stereocenters. The maximum absolute atomic E-state index is 5.57. The van der Waals surface area contributed by atoms with Gasteiger partial charge in [-0.1, -0.05) is 200 Å². The van der Waals surface area contributed by atoms with Crippen LogP contribution in [-0.4, -0.2) is 5.84 Å². The Kier molecular flexibility index (Phi) is 8.43. The Morgan fingerprint density at radius 3 is 1.64 bits per heavy atom. The van der Waals surface area contributed by atoms with E-state index in [1.165, 1.54) is 44.5 Å². The smallest absolute Gasteiger partial charge is 0.132 e. The molecule has 0 radical (unpaired) electrons. The molecule has 3 aliphatic rings. The minimum atomic E-state index is -0.375. The first-order chi connectivity index (χ1) is 27.3. The molecule has 1 heterocycles. The average molecular weight is 708 g/mol. The molecule has 2 aliphatic carbocycles. The third kappa shape index (κ3) is 5.76. The third-order valence-electron chi connectivity index (χ3n) is 11.7. The number of rotatable bonds is 7. The number of hydrogen-bond acceptors (Lipinski definition) is 3. The molecule has 4 unspecified atom stereocenters. The number of nitrogens with zero attached hydrogens (tertiary/aromatic N) is 1. The Morgan fingerprint density at radius 2 is 1.00 bits per heavy atom. The first-order valence-corrected chi connectivity index (χ1v) is 19.3. The summed E-state index contributed by atoms with van der Waals surface area (Å²) in [6, 6.07) is 68.0. The summed E-state index contributed by atoms with van der Waals surface area (Å²) in [7, 11) is 0. The lowest BCUT2D eigenvalue weighted by Crippen LogP contribution is -2.45. The normalized spacial score (nSPS) is 20.5. The maximum Gasteiger partial charge on any atom is 0.132 e. The van der Waals surface area contributed by atoms with Crippen molar-refractivity contribution in [3.05, 3.63) is 251 Å². The highest BCUT2D eigenvalue weighted by Gasteiger charge is 2.54. The average Bonchev–Trinajstić information content (AvgIpc) is 3.59. The summed E-state index contributed by atoms with van der Waals surface area (Å²) in [6.07, 6.45) is 8.82. The molecule has 1 aliphatic heterocycles. The van der Waals surface area contributed by atoms with Gasteiger partial charge < -0.3 is 5.32 Å². The number of aliphatic imine (C=N–C) groups is 1. The molecule has 55 heavy (non-hydrogen) atoms. The maximum atomic E-state index is 5.57. The second kappa shape index (κ2) is 14.0. The van der Waals surface area contributed by atoms with Crippen LogP contribution in [0.25, 0.3) is 22.3 Å². The summed E-state index contributed by atoms with van der Waals surface area (Å²) in [4.78, 5) is 5.57. The zero-order chi connectivity index (χ0) is 36.6. The minimum absolute atomic E-state index is 0.163. The molecule has 0 saturated heterocycles. The molecular formula is C52H41N3. The van der Waals surface area contributed by atoms with E-state index in [1.54, 1.807) is 0 Å². The zero-order valence-electron chi connectivity index (χ0n) is 30.5. The van der Waals surface area contributed by atoms with E-state index in [-0.39, 0.29) is 29.6 Å². The van der Waals surface area contributed by atoms with Crippen molar-refractivity contribution in [3.8, 4) is 22.3 Å². The van der Waals surface area contributed by atoms with Crippen molar-refractivity contribution >= 4 is 5.84 Å². The Labute approximate surface area is 323 Å². The SMILES string of the molecule is C1=CC2c3c(C4=NC(c5cccc(-c6ccccc6)c5)NC(c5cccc(-c6ccccc6)c5)N4)cccc3C(c3ccccc3)(c3ccccc3)C2C=C1. The molecule has 7 aromatic rings. The van der Waals surface area contributed by atoms with Crippen molar-refractivity contribution in [2.24, 2.45) is 10.9 Å². The van der Waals surface area contributed by atoms with E-state index in [0.717, 1.165) is 22.5 Å². The van der Waals surface area contributed by atoms with E-state index >= 15 is 0 Å². The van der Waals surface area contributed by atoms with Crippen molar-refractivity contribution in [2.45, 2.75) is 23.7 Å². The fourth-order valence-corrected chi connectivity index (χ4v) is 9.30. The van der Waals surface area contributed by atoms with Gasteiger partial charge >= 0.3 is 0 Å². The molecule has 2 N–H and O–H groups in total. The Morgan fingerprint density at radius 1 is 0.473 bits per heavy atom. The lowest BCUT2D eigenvalue weighted by Gasteiger charge is -2.38. The fraction of sp³-hybridized carbons (Fsp3) is 0.0962. The summed E-state index contributed by atoms with van der Waals surface area (Å²) in [5.41, 5.74) is 13.1. The quantitative estimate of drug-likeness (QED) is 0.173. The van der Waals surface area contributed by atoms with Crippen LogP contribution in [0.3, 0.4) is 0 Å². The van der Waals surface area contributed by atoms with Crippen molar-refractivity contribution in [1.82, 2.24) is 10.6 Å². The molecule has 10 rings (SSSR count). The number of benzene rings is 7. The monoisotopic (exact) mass is 707 g/mol. The molecule has 3 nitrogen and oxygen atoms in total. The van der Waals surface area contributed by atoms with E-state index in [9.17, 15) is 0 Å². The lowest BCUT2D eigenvalue weighted by molar-refractivity contribution is 0.409. The highest BCUT2D eigenvalue weighted by Crippen LogP contribution is 2.60. The second-order valence-corrected chi connectivity index (χ2v) is 14.7. The van der Waals surface area contributed by atoms with E-state index < -0.39 is 0 Å². The summed E-state index contributed by atoms with van der Waals surface area (Å²) < 4.78 is 0. The van der Waals surface area contributed by atoms with Gasteiger partial charge in [0.15, 0.2) is 0 Å². The number of nitrogens with one attached hydrogen (secondary N) is 2. The van der Waals surface area contributed by atoms with Crippen LogP contribution in [0.1, 0.15) is 57.2 Å². The first-order valence-electron chi connectivity index (χ1n) is 19.3. The van der Waals surface area contributed by atoms with E-state index in [2.05, 4.69) is 223 Å². The molecule has 0 aromatic heterocycles. The summed E-state index contributed by atoms with van der Waals surface area (Å²) in [5.74, 6) is 1.26. The molecule has 264 valence electrons. The van der Waals surface area contributed by atoms with Gasteiger partial charge in [-0.25, -0.2) is 4.99 Å². The topological polar surface area (TPSA) is 36.4 Å². The van der Waals surface area contributed by atoms with Crippen LogP contribution in [-0.2, 0) is 5.41 Å². The van der Waals surface area contributed by atoms with Gasteiger partial charge in [0.1, 0.15) is 18.2 Å².